The fourth-order valence-electron chi connectivity index (χ4n) is 3.23. The number of barbiturate groups is 1. The number of nitrogens with one attached hydrogen (secondary N) is 2. The monoisotopic (exact) mass is 375 g/mol. The van der Waals surface area contributed by atoms with Crippen molar-refractivity contribution in [3.05, 3.63) is 24.3 Å². The fourth-order valence-corrected chi connectivity index (χ4v) is 3.23. The van der Waals surface area contributed by atoms with Gasteiger partial charge in [-0.1, -0.05) is 0 Å². The average Bonchev–Trinajstić information content (AvgIpc) is 2.68. The highest BCUT2D eigenvalue weighted by Crippen LogP contribution is 2.22. The van der Waals surface area contributed by atoms with E-state index in [1.807, 2.05) is 0 Å². The standard InChI is InChI=1S/C18H23N5O4/c1-27-14-4-2-13(3-5-14)23-17(25)15(16(24)21-18(23)26)12-20-8-11-22-9-6-19-7-10-22/h2-5,12,15,19H,6-11H2,1H3,(H,21,24,26)/p+2/t15-/m0/s1. The van der Waals surface area contributed by atoms with E-state index >= 15 is 0 Å². The summed E-state index contributed by atoms with van der Waals surface area (Å²) < 4.78 is 5.08. The van der Waals surface area contributed by atoms with E-state index in [1.54, 1.807) is 24.3 Å². The summed E-state index contributed by atoms with van der Waals surface area (Å²) in [6.07, 6.45) is 1.36. The van der Waals surface area contributed by atoms with Crippen LogP contribution in [0.2, 0.25) is 0 Å². The van der Waals surface area contributed by atoms with Crippen molar-refractivity contribution in [1.29, 1.82) is 0 Å². The third-order valence-corrected chi connectivity index (χ3v) is 4.79. The molecular weight excluding hydrogens is 350 g/mol. The van der Waals surface area contributed by atoms with E-state index in [0.717, 1.165) is 37.6 Å². The molecule has 144 valence electrons. The van der Waals surface area contributed by atoms with Gasteiger partial charge in [0.1, 0.15) is 31.9 Å². The number of quaternary nitrogens is 2. The quantitative estimate of drug-likeness (QED) is 0.375. The SMILES string of the molecule is COc1ccc(N2C(=O)NC(=O)[C@H](C=NCC[NH+]3CC[NH2+]CC3)C2=O)cc1. The minimum absolute atomic E-state index is 0.373. The van der Waals surface area contributed by atoms with Crippen LogP contribution in [0.1, 0.15) is 0 Å². The Bertz CT molecular complexity index is 728. The number of anilines is 1. The first kappa shape index (κ1) is 19.0. The van der Waals surface area contributed by atoms with Crippen LogP contribution in [-0.4, -0.2) is 70.4 Å². The second-order valence-electron chi connectivity index (χ2n) is 6.57. The molecule has 0 unspecified atom stereocenters. The number of nitrogens with two attached hydrogens (primary N) is 1. The Morgan fingerprint density at radius 1 is 1.26 bits per heavy atom. The van der Waals surface area contributed by atoms with Gasteiger partial charge in [-0.05, 0) is 24.3 Å². The van der Waals surface area contributed by atoms with E-state index in [9.17, 15) is 14.4 Å². The predicted octanol–water partition coefficient (Wildman–Crippen LogP) is -2.57. The van der Waals surface area contributed by atoms with Crippen LogP contribution in [0.5, 0.6) is 5.75 Å². The van der Waals surface area contributed by atoms with Gasteiger partial charge in [0.15, 0.2) is 5.92 Å². The zero-order valence-electron chi connectivity index (χ0n) is 15.3. The van der Waals surface area contributed by atoms with Crippen LogP contribution in [0.15, 0.2) is 29.3 Å². The molecule has 27 heavy (non-hydrogen) atoms. The maximum atomic E-state index is 12.7. The number of ether oxygens (including phenoxy) is 1. The summed E-state index contributed by atoms with van der Waals surface area (Å²) in [6, 6.07) is 5.73. The zero-order valence-corrected chi connectivity index (χ0v) is 15.3. The third-order valence-electron chi connectivity index (χ3n) is 4.79. The Morgan fingerprint density at radius 2 is 1.96 bits per heavy atom. The van der Waals surface area contributed by atoms with Crippen molar-refractivity contribution in [2.75, 3.05) is 51.3 Å². The van der Waals surface area contributed by atoms with Crippen molar-refractivity contribution in [2.24, 2.45) is 10.9 Å². The molecule has 4 N–H and O–H groups in total. The highest BCUT2D eigenvalue weighted by molar-refractivity contribution is 6.32. The summed E-state index contributed by atoms with van der Waals surface area (Å²) in [4.78, 5) is 43.7. The molecule has 3 rings (SSSR count). The van der Waals surface area contributed by atoms with Gasteiger partial charge in [0.25, 0.3) is 5.91 Å². The number of carbonyl (C=O) groups excluding carboxylic acids is 3. The first-order chi connectivity index (χ1) is 13.1. The van der Waals surface area contributed by atoms with Gasteiger partial charge in [-0.25, -0.2) is 9.69 Å². The van der Waals surface area contributed by atoms with Gasteiger partial charge < -0.3 is 15.0 Å². The van der Waals surface area contributed by atoms with E-state index in [2.05, 4.69) is 15.6 Å². The first-order valence-electron chi connectivity index (χ1n) is 9.08. The van der Waals surface area contributed by atoms with E-state index < -0.39 is 23.8 Å². The number of aliphatic imine (C=N–C) groups is 1. The van der Waals surface area contributed by atoms with Crippen molar-refractivity contribution in [2.45, 2.75) is 0 Å². The number of urea groups is 1. The maximum Gasteiger partial charge on any atom is 0.335 e. The molecule has 2 heterocycles. The molecular formula is C18H25N5O4+2. The minimum Gasteiger partial charge on any atom is -0.497 e. The Labute approximate surface area is 157 Å². The number of rotatable bonds is 6. The molecule has 9 heteroatoms. The summed E-state index contributed by atoms with van der Waals surface area (Å²) >= 11 is 0. The lowest BCUT2D eigenvalue weighted by Gasteiger charge is -2.28. The Hall–Kier alpha value is -2.78. The third kappa shape index (κ3) is 4.50. The van der Waals surface area contributed by atoms with Crippen molar-refractivity contribution < 1.29 is 29.3 Å². The van der Waals surface area contributed by atoms with E-state index in [1.165, 1.54) is 18.2 Å². The normalized spacial score (nSPS) is 21.6. The van der Waals surface area contributed by atoms with Crippen molar-refractivity contribution in [3.63, 3.8) is 0 Å². The lowest BCUT2D eigenvalue weighted by atomic mass is 10.1. The van der Waals surface area contributed by atoms with E-state index in [0.29, 0.717) is 18.0 Å². The molecule has 0 aromatic heterocycles. The number of carbonyl (C=O) groups is 3. The van der Waals surface area contributed by atoms with E-state index in [4.69, 9.17) is 4.74 Å². The van der Waals surface area contributed by atoms with Crippen LogP contribution in [-0.2, 0) is 9.59 Å². The molecule has 2 aliphatic rings. The van der Waals surface area contributed by atoms with Gasteiger partial charge in [0.05, 0.1) is 25.9 Å². The van der Waals surface area contributed by atoms with Gasteiger partial charge in [-0.3, -0.25) is 19.9 Å². The fraction of sp³-hybridized carbons (Fsp3) is 0.444. The van der Waals surface area contributed by atoms with E-state index in [-0.39, 0.29) is 0 Å². The second-order valence-corrected chi connectivity index (χ2v) is 6.57. The highest BCUT2D eigenvalue weighted by atomic mass is 16.5. The van der Waals surface area contributed by atoms with Crippen LogP contribution >= 0.6 is 0 Å². The lowest BCUT2D eigenvalue weighted by Crippen LogP contribution is -3.20. The highest BCUT2D eigenvalue weighted by Gasteiger charge is 2.40. The van der Waals surface area contributed by atoms with Crippen molar-refractivity contribution >= 4 is 29.7 Å². The average molecular weight is 375 g/mol. The summed E-state index contributed by atoms with van der Waals surface area (Å²) in [5, 5.41) is 4.52. The molecule has 1 aromatic rings. The Balaban J connectivity index is 1.65. The van der Waals surface area contributed by atoms with Crippen LogP contribution < -0.4 is 25.2 Å². The predicted molar refractivity (Wildman–Crippen MR) is 98.1 cm³/mol. The molecule has 2 fully saturated rings. The number of hydrogen-bond donors (Lipinski definition) is 3. The molecule has 0 spiro atoms. The topological polar surface area (TPSA) is 109 Å². The van der Waals surface area contributed by atoms with Gasteiger partial charge >= 0.3 is 6.03 Å². The molecule has 0 radical (unpaired) electrons. The number of methoxy groups -OCH3 is 1. The second kappa shape index (κ2) is 8.74. The molecule has 2 saturated heterocycles. The molecule has 2 aliphatic heterocycles. The van der Waals surface area contributed by atoms with Gasteiger partial charge in [-0.2, -0.15) is 0 Å². The Morgan fingerprint density at radius 3 is 2.63 bits per heavy atom. The van der Waals surface area contributed by atoms with Crippen LogP contribution in [0.3, 0.4) is 0 Å². The molecule has 0 bridgehead atoms. The minimum atomic E-state index is -1.10. The number of imide groups is 2. The number of benzene rings is 1. The largest absolute Gasteiger partial charge is 0.497 e. The van der Waals surface area contributed by atoms with Gasteiger partial charge in [0.2, 0.25) is 5.91 Å². The van der Waals surface area contributed by atoms with Crippen LogP contribution in [0, 0.1) is 5.92 Å². The van der Waals surface area contributed by atoms with Crippen LogP contribution in [0.25, 0.3) is 0 Å². The smallest absolute Gasteiger partial charge is 0.335 e. The summed E-state index contributed by atoms with van der Waals surface area (Å²) in [5.74, 6) is -1.74. The number of amides is 4. The Kier molecular flexibility index (Phi) is 6.15. The van der Waals surface area contributed by atoms with Crippen molar-refractivity contribution in [1.82, 2.24) is 5.32 Å². The van der Waals surface area contributed by atoms with Crippen molar-refractivity contribution in [3.8, 4) is 5.75 Å². The molecule has 0 aliphatic carbocycles. The molecule has 4 amide bonds. The molecule has 1 aromatic carbocycles. The number of piperazine rings is 1. The summed E-state index contributed by atoms with van der Waals surface area (Å²) in [6.45, 7) is 5.83. The first-order valence-corrected chi connectivity index (χ1v) is 9.08. The van der Waals surface area contributed by atoms with Gasteiger partial charge in [0, 0.05) is 6.21 Å². The summed E-state index contributed by atoms with van der Waals surface area (Å²) in [5.41, 5.74) is 0.373. The maximum absolute atomic E-state index is 12.7. The van der Waals surface area contributed by atoms with Gasteiger partial charge in [-0.15, -0.1) is 0 Å². The number of hydrogen-bond acceptors (Lipinski definition) is 5. The zero-order chi connectivity index (χ0) is 19.2. The lowest BCUT2D eigenvalue weighted by molar-refractivity contribution is -0.945. The summed E-state index contributed by atoms with van der Waals surface area (Å²) in [7, 11) is 1.53. The number of nitrogens with zero attached hydrogens (tertiary/aromatic N) is 2. The molecule has 0 saturated carbocycles. The van der Waals surface area contributed by atoms with Crippen LogP contribution in [0.4, 0.5) is 10.5 Å². The molecule has 9 nitrogen and oxygen atoms in total. The molecule has 1 atom stereocenters.